The number of imidazole rings is 1. The van der Waals surface area contributed by atoms with Crippen molar-refractivity contribution in [1.82, 2.24) is 24.4 Å². The first-order valence-electron chi connectivity index (χ1n) is 9.43. The summed E-state index contributed by atoms with van der Waals surface area (Å²) < 4.78 is 15.7. The van der Waals surface area contributed by atoms with Crippen molar-refractivity contribution >= 4 is 23.0 Å². The molecule has 0 unspecified atom stereocenters. The first kappa shape index (κ1) is 17.1. The highest BCUT2D eigenvalue weighted by atomic mass is 19.1. The van der Waals surface area contributed by atoms with Gasteiger partial charge in [0.05, 0.1) is 18.6 Å². The molecule has 2 fully saturated rings. The number of likely N-dealkylation sites (tertiary alicyclic amines) is 1. The number of nitrogens with zero attached hydrogens (tertiary/aromatic N) is 6. The van der Waals surface area contributed by atoms with Gasteiger partial charge in [0.15, 0.2) is 5.65 Å². The molecular formula is C20H21FN6O. The summed E-state index contributed by atoms with van der Waals surface area (Å²) in [6.07, 6.45) is 3.53. The number of aromatic nitrogens is 4. The molecule has 2 aromatic heterocycles. The number of carbonyl (C=O) groups excluding carboxylic acids is 1. The molecule has 4 heterocycles. The fourth-order valence-corrected chi connectivity index (χ4v) is 4.71. The van der Waals surface area contributed by atoms with Gasteiger partial charge < -0.3 is 14.4 Å². The third kappa shape index (κ3) is 2.63. The van der Waals surface area contributed by atoms with Gasteiger partial charge >= 0.3 is 0 Å². The minimum absolute atomic E-state index is 0.0290. The minimum Gasteiger partial charge on any atom is -0.340 e. The number of amides is 1. The predicted molar refractivity (Wildman–Crippen MR) is 102 cm³/mol. The third-order valence-electron chi connectivity index (χ3n) is 6.01. The van der Waals surface area contributed by atoms with Gasteiger partial charge in [-0.05, 0) is 17.7 Å². The Morgan fingerprint density at radius 2 is 2.07 bits per heavy atom. The molecule has 2 aliphatic rings. The first-order chi connectivity index (χ1) is 13.5. The zero-order chi connectivity index (χ0) is 19.4. The van der Waals surface area contributed by atoms with Crippen molar-refractivity contribution in [1.29, 1.82) is 0 Å². The monoisotopic (exact) mass is 380 g/mol. The van der Waals surface area contributed by atoms with Crippen molar-refractivity contribution in [2.24, 2.45) is 18.9 Å². The number of aryl methyl sites for hydroxylation is 1. The van der Waals surface area contributed by atoms with Crippen molar-refractivity contribution in [3.63, 3.8) is 0 Å². The van der Waals surface area contributed by atoms with Crippen LogP contribution in [0.3, 0.4) is 0 Å². The lowest BCUT2D eigenvalue weighted by molar-refractivity contribution is -0.130. The summed E-state index contributed by atoms with van der Waals surface area (Å²) in [5.41, 5.74) is 2.42. The Morgan fingerprint density at radius 1 is 1.21 bits per heavy atom. The van der Waals surface area contributed by atoms with Gasteiger partial charge in [-0.1, -0.05) is 12.1 Å². The van der Waals surface area contributed by atoms with Gasteiger partial charge in [-0.15, -0.1) is 0 Å². The van der Waals surface area contributed by atoms with Gasteiger partial charge in [0, 0.05) is 45.4 Å². The Morgan fingerprint density at radius 3 is 2.86 bits per heavy atom. The largest absolute Gasteiger partial charge is 0.340 e. The average Bonchev–Trinajstić information content (AvgIpc) is 3.34. The van der Waals surface area contributed by atoms with Crippen molar-refractivity contribution in [2.45, 2.75) is 13.0 Å². The van der Waals surface area contributed by atoms with Gasteiger partial charge in [-0.2, -0.15) is 4.98 Å². The molecule has 8 heteroatoms. The number of halogens is 1. The van der Waals surface area contributed by atoms with Gasteiger partial charge in [0.1, 0.15) is 11.3 Å². The number of carbonyl (C=O) groups is 1. The molecule has 0 radical (unpaired) electrons. The van der Waals surface area contributed by atoms with E-state index in [1.54, 1.807) is 31.6 Å². The first-order valence-corrected chi connectivity index (χ1v) is 9.43. The topological polar surface area (TPSA) is 67.2 Å². The molecule has 2 aliphatic heterocycles. The Bertz CT molecular complexity index is 1070. The van der Waals surface area contributed by atoms with Gasteiger partial charge in [0.2, 0.25) is 11.9 Å². The van der Waals surface area contributed by atoms with Crippen LogP contribution >= 0.6 is 0 Å². The number of hydrogen-bond donors (Lipinski definition) is 0. The molecule has 1 aromatic carbocycles. The molecule has 144 valence electrons. The Kier molecular flexibility index (Phi) is 3.82. The molecule has 2 saturated heterocycles. The van der Waals surface area contributed by atoms with Crippen LogP contribution in [0.2, 0.25) is 0 Å². The summed E-state index contributed by atoms with van der Waals surface area (Å²) in [5.74, 6) is 0.937. The van der Waals surface area contributed by atoms with Crippen LogP contribution in [0.5, 0.6) is 0 Å². The van der Waals surface area contributed by atoms with E-state index in [0.29, 0.717) is 24.1 Å². The van der Waals surface area contributed by atoms with E-state index in [2.05, 4.69) is 19.9 Å². The van der Waals surface area contributed by atoms with Crippen molar-refractivity contribution in [2.75, 3.05) is 24.5 Å². The van der Waals surface area contributed by atoms with E-state index >= 15 is 0 Å². The SMILES string of the molecule is CC(=O)N1C[C@H]2CN(c3ncc4c(ncn4C)n3)C[C@H]2[C@@H]1c1cccc(F)c1. The van der Waals surface area contributed by atoms with Gasteiger partial charge in [-0.3, -0.25) is 4.79 Å². The van der Waals surface area contributed by atoms with E-state index < -0.39 is 0 Å². The summed E-state index contributed by atoms with van der Waals surface area (Å²) in [6, 6.07) is 6.47. The highest BCUT2D eigenvalue weighted by molar-refractivity contribution is 5.74. The maximum atomic E-state index is 13.8. The smallest absolute Gasteiger partial charge is 0.227 e. The molecule has 0 N–H and O–H groups in total. The van der Waals surface area contributed by atoms with Crippen LogP contribution in [0.15, 0.2) is 36.8 Å². The van der Waals surface area contributed by atoms with Crippen LogP contribution in [0.25, 0.3) is 11.2 Å². The molecule has 5 rings (SSSR count). The van der Waals surface area contributed by atoms with E-state index in [1.807, 2.05) is 22.6 Å². The molecule has 0 bridgehead atoms. The van der Waals surface area contributed by atoms with E-state index in [9.17, 15) is 9.18 Å². The number of benzene rings is 1. The number of anilines is 1. The fourth-order valence-electron chi connectivity index (χ4n) is 4.71. The lowest BCUT2D eigenvalue weighted by atomic mass is 9.89. The molecule has 3 atom stereocenters. The molecule has 0 saturated carbocycles. The maximum absolute atomic E-state index is 13.8. The number of hydrogen-bond acceptors (Lipinski definition) is 5. The maximum Gasteiger partial charge on any atom is 0.227 e. The van der Waals surface area contributed by atoms with Crippen LogP contribution in [0.4, 0.5) is 10.3 Å². The lowest BCUT2D eigenvalue weighted by Crippen LogP contribution is -2.34. The zero-order valence-corrected chi connectivity index (χ0v) is 15.8. The van der Waals surface area contributed by atoms with Gasteiger partial charge in [0.25, 0.3) is 0 Å². The molecular weight excluding hydrogens is 359 g/mol. The average molecular weight is 380 g/mol. The number of fused-ring (bicyclic) bond motifs is 2. The molecule has 0 spiro atoms. The predicted octanol–water partition coefficient (Wildman–Crippen LogP) is 2.16. The van der Waals surface area contributed by atoms with Crippen molar-refractivity contribution in [3.8, 4) is 0 Å². The van der Waals surface area contributed by atoms with Crippen molar-refractivity contribution < 1.29 is 9.18 Å². The molecule has 3 aromatic rings. The summed E-state index contributed by atoms with van der Waals surface area (Å²) >= 11 is 0. The normalized spacial score (nSPS) is 24.2. The molecule has 0 aliphatic carbocycles. The van der Waals surface area contributed by atoms with E-state index in [4.69, 9.17) is 0 Å². The summed E-state index contributed by atoms with van der Waals surface area (Å²) in [6.45, 7) is 3.76. The van der Waals surface area contributed by atoms with Crippen LogP contribution in [-0.2, 0) is 11.8 Å². The minimum atomic E-state index is -0.275. The second kappa shape index (κ2) is 6.25. The summed E-state index contributed by atoms with van der Waals surface area (Å²) in [7, 11) is 1.92. The van der Waals surface area contributed by atoms with Crippen molar-refractivity contribution in [3.05, 3.63) is 48.2 Å². The van der Waals surface area contributed by atoms with Crippen LogP contribution in [-0.4, -0.2) is 50.0 Å². The summed E-state index contributed by atoms with van der Waals surface area (Å²) in [4.78, 5) is 29.7. The lowest BCUT2D eigenvalue weighted by Gasteiger charge is -2.29. The van der Waals surface area contributed by atoms with Crippen LogP contribution in [0, 0.1) is 17.7 Å². The van der Waals surface area contributed by atoms with Gasteiger partial charge in [-0.25, -0.2) is 14.4 Å². The number of rotatable bonds is 2. The van der Waals surface area contributed by atoms with E-state index in [-0.39, 0.29) is 23.7 Å². The molecule has 28 heavy (non-hydrogen) atoms. The Balaban J connectivity index is 1.46. The summed E-state index contributed by atoms with van der Waals surface area (Å²) in [5, 5.41) is 0. The highest BCUT2D eigenvalue weighted by Gasteiger charge is 2.49. The quantitative estimate of drug-likeness (QED) is 0.682. The highest BCUT2D eigenvalue weighted by Crippen LogP contribution is 2.45. The second-order valence-corrected chi connectivity index (χ2v) is 7.73. The van der Waals surface area contributed by atoms with E-state index in [1.165, 1.54) is 6.07 Å². The van der Waals surface area contributed by atoms with E-state index in [0.717, 1.165) is 24.2 Å². The molecule has 1 amide bonds. The third-order valence-corrected chi connectivity index (χ3v) is 6.01. The fraction of sp³-hybridized carbons (Fsp3) is 0.400. The van der Waals surface area contributed by atoms with Crippen LogP contribution in [0.1, 0.15) is 18.5 Å². The Labute approximate surface area is 161 Å². The zero-order valence-electron chi connectivity index (χ0n) is 15.8. The second-order valence-electron chi connectivity index (χ2n) is 7.73. The Hall–Kier alpha value is -3.03. The molecule has 7 nitrogen and oxygen atoms in total. The standard InChI is InChI=1S/C20H21FN6O/c1-12(28)27-9-14-8-26(20-22-7-17-19(24-20)23-11-25(17)2)10-16(14)18(27)13-4-3-5-15(21)6-13/h3-7,11,14,16,18H,8-10H2,1-2H3/t14-,16-,18+/m1/s1. The van der Waals surface area contributed by atoms with Crippen LogP contribution < -0.4 is 4.90 Å².